The van der Waals surface area contributed by atoms with Crippen LogP contribution < -0.4 is 5.56 Å². The highest BCUT2D eigenvalue weighted by atomic mass is 19.1. The van der Waals surface area contributed by atoms with E-state index in [4.69, 9.17) is 0 Å². The lowest BCUT2D eigenvalue weighted by Crippen LogP contribution is -2.28. The van der Waals surface area contributed by atoms with Crippen LogP contribution in [0.3, 0.4) is 0 Å². The molecular weight excluding hydrogens is 357 g/mol. The molecule has 5 nitrogen and oxygen atoms in total. The first-order valence-corrected chi connectivity index (χ1v) is 9.37. The van der Waals surface area contributed by atoms with Crippen LogP contribution >= 0.6 is 0 Å². The molecule has 0 unspecified atom stereocenters. The van der Waals surface area contributed by atoms with Gasteiger partial charge in [0.2, 0.25) is 0 Å². The number of aromatic nitrogens is 2. The van der Waals surface area contributed by atoms with Crippen molar-refractivity contribution in [1.82, 2.24) is 9.55 Å². The largest absolute Gasteiger partial charge is 0.292 e. The van der Waals surface area contributed by atoms with Gasteiger partial charge in [0.1, 0.15) is 5.82 Å². The van der Waals surface area contributed by atoms with Gasteiger partial charge >= 0.3 is 0 Å². The van der Waals surface area contributed by atoms with Crippen LogP contribution in [0.5, 0.6) is 0 Å². The van der Waals surface area contributed by atoms with Crippen LogP contribution in [0.25, 0.3) is 11.4 Å². The molecule has 28 heavy (non-hydrogen) atoms. The summed E-state index contributed by atoms with van der Waals surface area (Å²) in [5.74, 6) is -0.189. The summed E-state index contributed by atoms with van der Waals surface area (Å²) in [6.45, 7) is 2.19. The van der Waals surface area contributed by atoms with Gasteiger partial charge in [0.15, 0.2) is 11.5 Å². The normalized spacial score (nSPS) is 13.5. The standard InChI is InChI=1S/C22H20FN3O2/c1-14-19(16-10-11-16)22(27)26(13-12-15-6-3-2-4-7-15)21(24-14)17-8-5-9-18(23)20(17)25-28/h2-9,16H,10-13H2,1H3. The molecule has 2 aromatic carbocycles. The van der Waals surface area contributed by atoms with Crippen LogP contribution in [0.1, 0.15) is 35.6 Å². The lowest BCUT2D eigenvalue weighted by atomic mass is 10.1. The fraction of sp³-hybridized carbons (Fsp3) is 0.273. The van der Waals surface area contributed by atoms with Crippen LogP contribution in [0.4, 0.5) is 10.1 Å². The third kappa shape index (κ3) is 3.38. The van der Waals surface area contributed by atoms with Gasteiger partial charge in [-0.3, -0.25) is 9.36 Å². The van der Waals surface area contributed by atoms with E-state index in [9.17, 15) is 14.1 Å². The van der Waals surface area contributed by atoms with Crippen molar-refractivity contribution < 1.29 is 4.39 Å². The minimum Gasteiger partial charge on any atom is -0.292 e. The second-order valence-electron chi connectivity index (χ2n) is 7.13. The van der Waals surface area contributed by atoms with E-state index in [-0.39, 0.29) is 28.6 Å². The first kappa shape index (κ1) is 18.2. The van der Waals surface area contributed by atoms with Gasteiger partial charge in [0.25, 0.3) is 5.56 Å². The Morgan fingerprint density at radius 1 is 1.14 bits per heavy atom. The van der Waals surface area contributed by atoms with E-state index in [1.54, 1.807) is 17.6 Å². The molecule has 0 N–H and O–H groups in total. The Labute approximate surface area is 161 Å². The molecule has 0 atom stereocenters. The molecule has 1 aromatic heterocycles. The number of aryl methyl sites for hydroxylation is 2. The molecule has 1 aliphatic carbocycles. The Morgan fingerprint density at radius 2 is 1.89 bits per heavy atom. The number of nitroso groups, excluding NO2 is 1. The molecule has 3 aromatic rings. The van der Waals surface area contributed by atoms with Crippen molar-refractivity contribution >= 4 is 5.69 Å². The van der Waals surface area contributed by atoms with Gasteiger partial charge in [-0.2, -0.15) is 0 Å². The Balaban J connectivity index is 1.87. The summed E-state index contributed by atoms with van der Waals surface area (Å²) in [5.41, 5.74) is 2.27. The number of hydrogen-bond donors (Lipinski definition) is 0. The van der Waals surface area contributed by atoms with Gasteiger partial charge in [-0.05, 0) is 55.0 Å². The molecule has 1 saturated carbocycles. The molecule has 142 valence electrons. The van der Waals surface area contributed by atoms with Crippen LogP contribution in [0.15, 0.2) is 58.5 Å². The summed E-state index contributed by atoms with van der Waals surface area (Å²) < 4.78 is 15.7. The quantitative estimate of drug-likeness (QED) is 0.575. The summed E-state index contributed by atoms with van der Waals surface area (Å²) >= 11 is 0. The molecule has 1 aliphatic rings. The zero-order valence-electron chi connectivity index (χ0n) is 15.6. The van der Waals surface area contributed by atoms with Gasteiger partial charge < -0.3 is 0 Å². The van der Waals surface area contributed by atoms with E-state index in [2.05, 4.69) is 10.2 Å². The van der Waals surface area contributed by atoms with Gasteiger partial charge in [-0.25, -0.2) is 9.37 Å². The molecule has 0 saturated heterocycles. The SMILES string of the molecule is Cc1nc(-c2cccc(F)c2N=O)n(CCc2ccccc2)c(=O)c1C1CC1. The topological polar surface area (TPSA) is 64.3 Å². The third-order valence-corrected chi connectivity index (χ3v) is 5.17. The zero-order chi connectivity index (χ0) is 19.7. The van der Waals surface area contributed by atoms with E-state index in [0.717, 1.165) is 24.0 Å². The number of rotatable bonds is 6. The molecular formula is C22H20FN3O2. The summed E-state index contributed by atoms with van der Waals surface area (Å²) in [4.78, 5) is 29.2. The fourth-order valence-corrected chi connectivity index (χ4v) is 3.61. The van der Waals surface area contributed by atoms with Crippen molar-refractivity contribution in [3.63, 3.8) is 0 Å². The van der Waals surface area contributed by atoms with Crippen LogP contribution in [0, 0.1) is 17.6 Å². The van der Waals surface area contributed by atoms with Crippen molar-refractivity contribution in [3.05, 3.63) is 86.4 Å². The Morgan fingerprint density at radius 3 is 2.57 bits per heavy atom. The molecule has 0 aliphatic heterocycles. The van der Waals surface area contributed by atoms with E-state index in [1.807, 2.05) is 30.3 Å². The second kappa shape index (κ2) is 7.46. The molecule has 0 bridgehead atoms. The lowest BCUT2D eigenvalue weighted by Gasteiger charge is -2.17. The van der Waals surface area contributed by atoms with Crippen molar-refractivity contribution in [2.45, 2.75) is 38.6 Å². The molecule has 0 radical (unpaired) electrons. The summed E-state index contributed by atoms with van der Waals surface area (Å²) in [6.07, 6.45) is 2.59. The monoisotopic (exact) mass is 377 g/mol. The van der Waals surface area contributed by atoms with Gasteiger partial charge in [0, 0.05) is 23.4 Å². The van der Waals surface area contributed by atoms with Crippen molar-refractivity contribution in [3.8, 4) is 11.4 Å². The average molecular weight is 377 g/mol. The number of hydrogen-bond acceptors (Lipinski definition) is 4. The van der Waals surface area contributed by atoms with Crippen LogP contribution in [-0.2, 0) is 13.0 Å². The van der Waals surface area contributed by atoms with E-state index in [0.29, 0.717) is 18.7 Å². The Hall–Kier alpha value is -3.15. The molecule has 0 spiro atoms. The highest BCUT2D eigenvalue weighted by Gasteiger charge is 2.31. The highest BCUT2D eigenvalue weighted by Crippen LogP contribution is 2.40. The smallest absolute Gasteiger partial charge is 0.257 e. The van der Waals surface area contributed by atoms with E-state index >= 15 is 0 Å². The molecule has 6 heteroatoms. The number of nitrogens with zero attached hydrogens (tertiary/aromatic N) is 3. The third-order valence-electron chi connectivity index (χ3n) is 5.17. The number of benzene rings is 2. The summed E-state index contributed by atoms with van der Waals surface area (Å²) in [5, 5.41) is 2.85. The van der Waals surface area contributed by atoms with Crippen molar-refractivity contribution in [2.24, 2.45) is 5.18 Å². The van der Waals surface area contributed by atoms with Crippen LogP contribution in [-0.4, -0.2) is 9.55 Å². The molecule has 0 amide bonds. The predicted octanol–water partition coefficient (Wildman–Crippen LogP) is 4.88. The predicted molar refractivity (Wildman–Crippen MR) is 106 cm³/mol. The van der Waals surface area contributed by atoms with Crippen molar-refractivity contribution in [2.75, 3.05) is 0 Å². The first-order chi connectivity index (χ1) is 13.6. The maximum atomic E-state index is 14.1. The van der Waals surface area contributed by atoms with Gasteiger partial charge in [-0.1, -0.05) is 36.4 Å². The van der Waals surface area contributed by atoms with E-state index < -0.39 is 5.82 Å². The maximum Gasteiger partial charge on any atom is 0.257 e. The maximum absolute atomic E-state index is 14.1. The molecule has 1 heterocycles. The first-order valence-electron chi connectivity index (χ1n) is 9.37. The Bertz CT molecular complexity index is 1090. The molecule has 4 rings (SSSR count). The summed E-state index contributed by atoms with van der Waals surface area (Å²) in [7, 11) is 0. The van der Waals surface area contributed by atoms with Gasteiger partial charge in [0.05, 0.1) is 0 Å². The second-order valence-corrected chi connectivity index (χ2v) is 7.13. The summed E-state index contributed by atoms with van der Waals surface area (Å²) in [6, 6.07) is 14.1. The molecule has 1 fully saturated rings. The Kier molecular flexibility index (Phi) is 4.86. The minimum absolute atomic E-state index is 0.109. The van der Waals surface area contributed by atoms with Gasteiger partial charge in [-0.15, -0.1) is 4.91 Å². The zero-order valence-corrected chi connectivity index (χ0v) is 15.6. The number of halogens is 1. The fourth-order valence-electron chi connectivity index (χ4n) is 3.61. The highest BCUT2D eigenvalue weighted by molar-refractivity contribution is 5.71. The average Bonchev–Trinajstić information content (AvgIpc) is 3.52. The van der Waals surface area contributed by atoms with Crippen LogP contribution in [0.2, 0.25) is 0 Å². The lowest BCUT2D eigenvalue weighted by molar-refractivity contribution is 0.627. The minimum atomic E-state index is -0.722. The van der Waals surface area contributed by atoms with E-state index in [1.165, 1.54) is 12.1 Å². The van der Waals surface area contributed by atoms with Crippen molar-refractivity contribution in [1.29, 1.82) is 0 Å².